The van der Waals surface area contributed by atoms with E-state index in [4.69, 9.17) is 4.74 Å². The Bertz CT molecular complexity index is 898. The van der Waals surface area contributed by atoms with Crippen LogP contribution in [0.1, 0.15) is 36.0 Å². The maximum Gasteiger partial charge on any atom is 0.227 e. The molecular formula is C25H33N3O2. The number of nitrogens with zero attached hydrogens (tertiary/aromatic N) is 2. The third kappa shape index (κ3) is 4.31. The predicted molar refractivity (Wildman–Crippen MR) is 121 cm³/mol. The number of amides is 1. The maximum atomic E-state index is 13.5. The van der Waals surface area contributed by atoms with Gasteiger partial charge in [0, 0.05) is 43.0 Å². The first kappa shape index (κ1) is 20.7. The molecule has 1 N–H and O–H groups in total. The molecule has 0 aliphatic carbocycles. The normalized spacial score (nSPS) is 22.0. The van der Waals surface area contributed by atoms with Gasteiger partial charge in [0.2, 0.25) is 5.91 Å². The Hall–Kier alpha value is -2.53. The predicted octanol–water partition coefficient (Wildman–Crippen LogP) is 3.85. The van der Waals surface area contributed by atoms with Crippen LogP contribution in [-0.4, -0.2) is 55.0 Å². The summed E-state index contributed by atoms with van der Waals surface area (Å²) in [6.45, 7) is 4.51. The van der Waals surface area contributed by atoms with Gasteiger partial charge in [-0.3, -0.25) is 9.69 Å². The quantitative estimate of drug-likeness (QED) is 0.839. The molecule has 0 saturated carbocycles. The number of benzene rings is 2. The molecule has 30 heavy (non-hydrogen) atoms. The molecule has 2 aromatic rings. The van der Waals surface area contributed by atoms with Crippen LogP contribution in [-0.2, 0) is 17.8 Å². The fourth-order valence-corrected chi connectivity index (χ4v) is 4.97. The Balaban J connectivity index is 1.64. The summed E-state index contributed by atoms with van der Waals surface area (Å²) >= 11 is 0. The van der Waals surface area contributed by atoms with Gasteiger partial charge in [0.05, 0.1) is 13.5 Å². The number of rotatable bonds is 3. The average Bonchev–Trinajstić information content (AvgIpc) is 3.07. The number of fused-ring (bicyclic) bond motifs is 3. The van der Waals surface area contributed by atoms with Crippen molar-refractivity contribution >= 4 is 11.6 Å². The standard InChI is InChI=1S/C25H33N3O2/c1-18-7-6-9-20-16-28(24(29)15-19-8-4-5-10-23(19)30-3)17-22-12-11-21(27(22)2)13-14-26-25(18)20/h4-10,21-22,26H,11-17H2,1-3H3. The minimum Gasteiger partial charge on any atom is -0.496 e. The van der Waals surface area contributed by atoms with Crippen molar-refractivity contribution in [2.24, 2.45) is 0 Å². The molecule has 0 aromatic heterocycles. The first-order valence-electron chi connectivity index (χ1n) is 11.0. The van der Waals surface area contributed by atoms with E-state index < -0.39 is 0 Å². The second-order valence-electron chi connectivity index (χ2n) is 8.64. The van der Waals surface area contributed by atoms with E-state index in [0.29, 0.717) is 25.0 Å². The number of methoxy groups -OCH3 is 1. The van der Waals surface area contributed by atoms with E-state index in [-0.39, 0.29) is 5.91 Å². The van der Waals surface area contributed by atoms with Crippen molar-refractivity contribution in [3.05, 3.63) is 59.2 Å². The topological polar surface area (TPSA) is 44.8 Å². The first-order chi connectivity index (χ1) is 14.6. The summed E-state index contributed by atoms with van der Waals surface area (Å²) in [4.78, 5) is 18.0. The Morgan fingerprint density at radius 2 is 1.90 bits per heavy atom. The van der Waals surface area contributed by atoms with Crippen LogP contribution in [0, 0.1) is 6.92 Å². The van der Waals surface area contributed by atoms with E-state index in [0.717, 1.165) is 37.2 Å². The highest BCUT2D eigenvalue weighted by atomic mass is 16.5. The Labute approximate surface area is 180 Å². The number of anilines is 1. The Kier molecular flexibility index (Phi) is 6.28. The highest BCUT2D eigenvalue weighted by Gasteiger charge is 2.33. The molecule has 160 valence electrons. The van der Waals surface area contributed by atoms with Crippen molar-refractivity contribution < 1.29 is 9.53 Å². The van der Waals surface area contributed by atoms with Gasteiger partial charge in [0.25, 0.3) is 0 Å². The lowest BCUT2D eigenvalue weighted by molar-refractivity contribution is -0.131. The van der Waals surface area contributed by atoms with Gasteiger partial charge in [-0.25, -0.2) is 0 Å². The van der Waals surface area contributed by atoms with Gasteiger partial charge >= 0.3 is 0 Å². The summed E-state index contributed by atoms with van der Waals surface area (Å²) in [5.74, 6) is 0.933. The number of nitrogens with one attached hydrogen (secondary N) is 1. The fourth-order valence-electron chi connectivity index (χ4n) is 4.97. The van der Waals surface area contributed by atoms with Gasteiger partial charge in [-0.2, -0.15) is 0 Å². The van der Waals surface area contributed by atoms with Crippen LogP contribution in [0.5, 0.6) is 5.75 Å². The number of carbonyl (C=O) groups excluding carboxylic acids is 1. The number of likely N-dealkylation sites (N-methyl/N-ethyl adjacent to an activating group) is 1. The minimum atomic E-state index is 0.156. The van der Waals surface area contributed by atoms with Crippen LogP contribution in [0.2, 0.25) is 0 Å². The fraction of sp³-hybridized carbons (Fsp3) is 0.480. The van der Waals surface area contributed by atoms with Crippen molar-refractivity contribution in [3.63, 3.8) is 0 Å². The van der Waals surface area contributed by atoms with Crippen LogP contribution in [0.25, 0.3) is 0 Å². The van der Waals surface area contributed by atoms with Crippen molar-refractivity contribution in [1.29, 1.82) is 0 Å². The van der Waals surface area contributed by atoms with Gasteiger partial charge in [-0.15, -0.1) is 0 Å². The molecule has 2 atom stereocenters. The van der Waals surface area contributed by atoms with Crippen molar-refractivity contribution in [1.82, 2.24) is 9.80 Å². The molecule has 2 aromatic carbocycles. The summed E-state index contributed by atoms with van der Waals surface area (Å²) in [6, 6.07) is 15.2. The highest BCUT2D eigenvalue weighted by molar-refractivity contribution is 5.80. The molecule has 2 aliphatic rings. The second kappa shape index (κ2) is 9.09. The Morgan fingerprint density at radius 1 is 1.10 bits per heavy atom. The van der Waals surface area contributed by atoms with E-state index in [1.54, 1.807) is 7.11 Å². The highest BCUT2D eigenvalue weighted by Crippen LogP contribution is 2.30. The summed E-state index contributed by atoms with van der Waals surface area (Å²) in [5.41, 5.74) is 4.57. The minimum absolute atomic E-state index is 0.156. The molecule has 5 heteroatoms. The molecule has 4 rings (SSSR count). The number of hydrogen-bond donors (Lipinski definition) is 1. The van der Waals surface area contributed by atoms with E-state index in [2.05, 4.69) is 47.3 Å². The van der Waals surface area contributed by atoms with Crippen LogP contribution < -0.4 is 10.1 Å². The van der Waals surface area contributed by atoms with E-state index in [9.17, 15) is 4.79 Å². The molecule has 2 bridgehead atoms. The third-order valence-electron chi connectivity index (χ3n) is 6.80. The molecular weight excluding hydrogens is 374 g/mol. The number of ether oxygens (including phenoxy) is 1. The second-order valence-corrected chi connectivity index (χ2v) is 8.64. The Morgan fingerprint density at radius 3 is 2.73 bits per heavy atom. The van der Waals surface area contributed by atoms with Crippen molar-refractivity contribution in [3.8, 4) is 5.75 Å². The van der Waals surface area contributed by atoms with Crippen LogP contribution >= 0.6 is 0 Å². The van der Waals surface area contributed by atoms with Crippen LogP contribution in [0.3, 0.4) is 0 Å². The molecule has 1 amide bonds. The molecule has 2 heterocycles. The molecule has 1 saturated heterocycles. The average molecular weight is 408 g/mol. The largest absolute Gasteiger partial charge is 0.496 e. The molecule has 5 nitrogen and oxygen atoms in total. The SMILES string of the molecule is COc1ccccc1CC(=O)N1Cc2cccc(C)c2NCCC2CCC(C1)N2C. The molecule has 1 fully saturated rings. The molecule has 0 radical (unpaired) electrons. The summed E-state index contributed by atoms with van der Waals surface area (Å²) in [7, 11) is 3.89. The van der Waals surface area contributed by atoms with Crippen LogP contribution in [0.4, 0.5) is 5.69 Å². The number of para-hydroxylation sites is 2. The first-order valence-corrected chi connectivity index (χ1v) is 11.0. The smallest absolute Gasteiger partial charge is 0.227 e. The molecule has 2 aliphatic heterocycles. The zero-order valence-electron chi connectivity index (χ0n) is 18.4. The summed E-state index contributed by atoms with van der Waals surface area (Å²) in [6.07, 6.45) is 3.85. The lowest BCUT2D eigenvalue weighted by atomic mass is 10.0. The van der Waals surface area contributed by atoms with E-state index in [1.165, 1.54) is 23.2 Å². The van der Waals surface area contributed by atoms with Crippen LogP contribution in [0.15, 0.2) is 42.5 Å². The summed E-state index contributed by atoms with van der Waals surface area (Å²) in [5, 5.41) is 3.68. The van der Waals surface area contributed by atoms with Gasteiger partial charge < -0.3 is 15.0 Å². The van der Waals surface area contributed by atoms with Gasteiger partial charge in [-0.1, -0.05) is 36.4 Å². The van der Waals surface area contributed by atoms with Gasteiger partial charge in [0.1, 0.15) is 5.75 Å². The van der Waals surface area contributed by atoms with Crippen molar-refractivity contribution in [2.75, 3.05) is 32.6 Å². The maximum absolute atomic E-state index is 13.5. The van der Waals surface area contributed by atoms with Crippen molar-refractivity contribution in [2.45, 2.75) is 51.2 Å². The zero-order valence-corrected chi connectivity index (χ0v) is 18.4. The molecule has 2 unspecified atom stereocenters. The lowest BCUT2D eigenvalue weighted by Crippen LogP contribution is -2.43. The zero-order chi connectivity index (χ0) is 21.1. The van der Waals surface area contributed by atoms with E-state index in [1.807, 2.05) is 24.3 Å². The molecule has 0 spiro atoms. The van der Waals surface area contributed by atoms with Gasteiger partial charge in [-0.05, 0) is 50.4 Å². The lowest BCUT2D eigenvalue weighted by Gasteiger charge is -2.31. The summed E-state index contributed by atoms with van der Waals surface area (Å²) < 4.78 is 5.48. The number of carbonyl (C=O) groups is 1. The number of hydrogen-bond acceptors (Lipinski definition) is 4. The van der Waals surface area contributed by atoms with E-state index >= 15 is 0 Å². The monoisotopic (exact) mass is 407 g/mol. The van der Waals surface area contributed by atoms with Gasteiger partial charge in [0.15, 0.2) is 0 Å². The third-order valence-corrected chi connectivity index (χ3v) is 6.80. The number of aryl methyl sites for hydroxylation is 1.